The molecule has 0 aromatic carbocycles. The highest BCUT2D eigenvalue weighted by Crippen LogP contribution is 2.18. The zero-order valence-corrected chi connectivity index (χ0v) is 12.5. The van der Waals surface area contributed by atoms with Crippen LogP contribution in [0.4, 0.5) is 11.9 Å². The van der Waals surface area contributed by atoms with E-state index in [1.807, 2.05) is 6.92 Å². The van der Waals surface area contributed by atoms with Crippen LogP contribution in [0, 0.1) is 5.92 Å². The monoisotopic (exact) mass is 267 g/mol. The van der Waals surface area contributed by atoms with Crippen LogP contribution >= 0.6 is 0 Å². The van der Waals surface area contributed by atoms with Crippen LogP contribution in [0.15, 0.2) is 0 Å². The van der Waals surface area contributed by atoms with Crippen molar-refractivity contribution >= 4 is 11.9 Å². The standard InChI is InChI=1S/C13H25N5O/c1-6-10(7-2)9(4)15-12-16-11(14-8-3)17-13(18-12)19-5/h9-10H,6-8H2,1-5H3,(H2,14,15,16,17,18). The predicted molar refractivity (Wildman–Crippen MR) is 77.7 cm³/mol. The summed E-state index contributed by atoms with van der Waals surface area (Å²) in [7, 11) is 1.55. The summed E-state index contributed by atoms with van der Waals surface area (Å²) in [6, 6.07) is 0.641. The van der Waals surface area contributed by atoms with Gasteiger partial charge in [0.05, 0.1) is 7.11 Å². The second kappa shape index (κ2) is 7.76. The summed E-state index contributed by atoms with van der Waals surface area (Å²) in [6.07, 6.45) is 2.26. The van der Waals surface area contributed by atoms with Crippen LogP contribution in [0.25, 0.3) is 0 Å². The topological polar surface area (TPSA) is 72.0 Å². The maximum absolute atomic E-state index is 5.09. The van der Waals surface area contributed by atoms with Crippen LogP contribution in [0.2, 0.25) is 0 Å². The molecule has 6 heteroatoms. The molecule has 0 fully saturated rings. The van der Waals surface area contributed by atoms with Gasteiger partial charge in [-0.3, -0.25) is 0 Å². The summed E-state index contributed by atoms with van der Waals surface area (Å²) in [6.45, 7) is 9.31. The molecule has 0 spiro atoms. The lowest BCUT2D eigenvalue weighted by Crippen LogP contribution is -2.26. The summed E-state index contributed by atoms with van der Waals surface area (Å²) in [5.74, 6) is 1.70. The van der Waals surface area contributed by atoms with Gasteiger partial charge in [-0.25, -0.2) is 0 Å². The van der Waals surface area contributed by atoms with E-state index in [-0.39, 0.29) is 0 Å². The van der Waals surface area contributed by atoms with Gasteiger partial charge in [-0.2, -0.15) is 15.0 Å². The van der Waals surface area contributed by atoms with Crippen molar-refractivity contribution in [3.8, 4) is 6.01 Å². The number of rotatable bonds is 8. The van der Waals surface area contributed by atoms with Gasteiger partial charge in [0.25, 0.3) is 0 Å². The molecule has 2 N–H and O–H groups in total. The van der Waals surface area contributed by atoms with E-state index in [1.54, 1.807) is 7.11 Å². The normalized spacial score (nSPS) is 12.3. The zero-order chi connectivity index (χ0) is 14.3. The largest absolute Gasteiger partial charge is 0.467 e. The Bertz CT molecular complexity index is 381. The molecule has 19 heavy (non-hydrogen) atoms. The van der Waals surface area contributed by atoms with E-state index in [2.05, 4.69) is 46.4 Å². The lowest BCUT2D eigenvalue weighted by molar-refractivity contribution is 0.378. The Kier molecular flexibility index (Phi) is 6.32. The average Bonchev–Trinajstić information content (AvgIpc) is 2.40. The van der Waals surface area contributed by atoms with Crippen LogP contribution in [-0.4, -0.2) is 34.6 Å². The minimum absolute atomic E-state index is 0.316. The van der Waals surface area contributed by atoms with Crippen molar-refractivity contribution in [1.29, 1.82) is 0 Å². The highest BCUT2D eigenvalue weighted by atomic mass is 16.5. The molecule has 0 amide bonds. The highest BCUT2D eigenvalue weighted by molar-refractivity contribution is 5.36. The van der Waals surface area contributed by atoms with Crippen LogP contribution in [0.1, 0.15) is 40.5 Å². The summed E-state index contributed by atoms with van der Waals surface area (Å²) in [5.41, 5.74) is 0. The van der Waals surface area contributed by atoms with Gasteiger partial charge in [-0.05, 0) is 19.8 Å². The van der Waals surface area contributed by atoms with Gasteiger partial charge in [0.1, 0.15) is 0 Å². The Hall–Kier alpha value is -1.59. The lowest BCUT2D eigenvalue weighted by Gasteiger charge is -2.22. The molecule has 0 aliphatic rings. The Morgan fingerprint density at radius 2 is 1.68 bits per heavy atom. The first-order valence-corrected chi connectivity index (χ1v) is 6.94. The Morgan fingerprint density at radius 3 is 2.21 bits per heavy atom. The Labute approximate surface area is 115 Å². The molecule has 0 aliphatic carbocycles. The minimum Gasteiger partial charge on any atom is -0.467 e. The molecule has 0 bridgehead atoms. The molecule has 1 unspecified atom stereocenters. The summed E-state index contributed by atoms with van der Waals surface area (Å²) < 4.78 is 5.09. The minimum atomic E-state index is 0.316. The van der Waals surface area contributed by atoms with Crippen molar-refractivity contribution in [2.24, 2.45) is 5.92 Å². The van der Waals surface area contributed by atoms with Crippen molar-refractivity contribution in [2.45, 2.75) is 46.6 Å². The number of anilines is 2. The predicted octanol–water partition coefficient (Wildman–Crippen LogP) is 2.55. The molecule has 108 valence electrons. The molecule has 6 nitrogen and oxygen atoms in total. The third-order valence-electron chi connectivity index (χ3n) is 3.24. The zero-order valence-electron chi connectivity index (χ0n) is 12.5. The molecule has 0 radical (unpaired) electrons. The van der Waals surface area contributed by atoms with Gasteiger partial charge in [0, 0.05) is 12.6 Å². The maximum atomic E-state index is 5.09. The molecule has 0 aliphatic heterocycles. The Balaban J connectivity index is 2.84. The van der Waals surface area contributed by atoms with E-state index in [1.165, 1.54) is 0 Å². The van der Waals surface area contributed by atoms with Crippen molar-refractivity contribution in [2.75, 3.05) is 24.3 Å². The fourth-order valence-corrected chi connectivity index (χ4v) is 2.07. The smallest absolute Gasteiger partial charge is 0.322 e. The lowest BCUT2D eigenvalue weighted by atomic mass is 9.96. The van der Waals surface area contributed by atoms with Crippen LogP contribution in [0.5, 0.6) is 6.01 Å². The molecule has 1 atom stereocenters. The van der Waals surface area contributed by atoms with E-state index in [0.29, 0.717) is 29.9 Å². The van der Waals surface area contributed by atoms with E-state index in [0.717, 1.165) is 19.4 Å². The quantitative estimate of drug-likeness (QED) is 0.754. The van der Waals surface area contributed by atoms with Crippen LogP contribution in [0.3, 0.4) is 0 Å². The van der Waals surface area contributed by atoms with Gasteiger partial charge < -0.3 is 15.4 Å². The van der Waals surface area contributed by atoms with Gasteiger partial charge >= 0.3 is 6.01 Å². The number of nitrogens with one attached hydrogen (secondary N) is 2. The third kappa shape index (κ3) is 4.54. The van der Waals surface area contributed by atoms with Crippen molar-refractivity contribution in [3.63, 3.8) is 0 Å². The summed E-state index contributed by atoms with van der Waals surface area (Å²) >= 11 is 0. The molecule has 0 saturated carbocycles. The SMILES string of the molecule is CCNc1nc(NC(C)C(CC)CC)nc(OC)n1. The number of nitrogens with zero attached hydrogens (tertiary/aromatic N) is 3. The molecule has 0 saturated heterocycles. The number of ether oxygens (including phenoxy) is 1. The second-order valence-electron chi connectivity index (χ2n) is 4.51. The van der Waals surface area contributed by atoms with Gasteiger partial charge in [-0.15, -0.1) is 0 Å². The van der Waals surface area contributed by atoms with Crippen molar-refractivity contribution < 1.29 is 4.74 Å². The average molecular weight is 267 g/mol. The van der Waals surface area contributed by atoms with E-state index < -0.39 is 0 Å². The van der Waals surface area contributed by atoms with E-state index >= 15 is 0 Å². The van der Waals surface area contributed by atoms with Gasteiger partial charge in [-0.1, -0.05) is 26.7 Å². The number of hydrogen-bond acceptors (Lipinski definition) is 6. The molecule has 1 aromatic rings. The summed E-state index contributed by atoms with van der Waals surface area (Å²) in [5, 5.41) is 6.41. The first-order valence-electron chi connectivity index (χ1n) is 6.94. The van der Waals surface area contributed by atoms with Gasteiger partial charge in [0.15, 0.2) is 0 Å². The molecular formula is C13H25N5O. The summed E-state index contributed by atoms with van der Waals surface area (Å²) in [4.78, 5) is 12.7. The van der Waals surface area contributed by atoms with Crippen molar-refractivity contribution in [1.82, 2.24) is 15.0 Å². The fourth-order valence-electron chi connectivity index (χ4n) is 2.07. The number of aromatic nitrogens is 3. The van der Waals surface area contributed by atoms with Crippen LogP contribution < -0.4 is 15.4 Å². The molecular weight excluding hydrogens is 242 g/mol. The van der Waals surface area contributed by atoms with Crippen LogP contribution in [-0.2, 0) is 0 Å². The first kappa shape index (κ1) is 15.5. The van der Waals surface area contributed by atoms with Crippen molar-refractivity contribution in [3.05, 3.63) is 0 Å². The first-order chi connectivity index (χ1) is 9.14. The highest BCUT2D eigenvalue weighted by Gasteiger charge is 2.15. The van der Waals surface area contributed by atoms with E-state index in [4.69, 9.17) is 4.74 Å². The second-order valence-corrected chi connectivity index (χ2v) is 4.51. The number of methoxy groups -OCH3 is 1. The maximum Gasteiger partial charge on any atom is 0.322 e. The molecule has 1 aromatic heterocycles. The number of hydrogen-bond donors (Lipinski definition) is 2. The Morgan fingerprint density at radius 1 is 1.05 bits per heavy atom. The van der Waals surface area contributed by atoms with E-state index in [9.17, 15) is 0 Å². The molecule has 1 heterocycles. The van der Waals surface area contributed by atoms with Gasteiger partial charge in [0.2, 0.25) is 11.9 Å². The molecule has 1 rings (SSSR count). The fraction of sp³-hybridized carbons (Fsp3) is 0.769. The third-order valence-corrected chi connectivity index (χ3v) is 3.24.